The molecule has 0 saturated carbocycles. The zero-order valence-corrected chi connectivity index (χ0v) is 17.7. The first-order valence-corrected chi connectivity index (χ1v) is 9.74. The summed E-state index contributed by atoms with van der Waals surface area (Å²) in [4.78, 5) is 31.3. The van der Waals surface area contributed by atoms with Crippen molar-refractivity contribution in [3.63, 3.8) is 0 Å². The summed E-state index contributed by atoms with van der Waals surface area (Å²) in [5.74, 6) is 0.584. The number of carbonyl (C=O) groups excluding carboxylic acids is 2. The highest BCUT2D eigenvalue weighted by Crippen LogP contribution is 2.47. The SMILES string of the molecule is COc1ccc([C@@H]2[C@H](C(=O)NCCc3ccccn3)CC(=O)N2C)c(OC)c1OC. The summed E-state index contributed by atoms with van der Waals surface area (Å²) in [5, 5.41) is 2.95. The summed E-state index contributed by atoms with van der Waals surface area (Å²) in [5.41, 5.74) is 1.60. The maximum atomic E-state index is 13.0. The number of nitrogens with zero attached hydrogens (tertiary/aromatic N) is 2. The van der Waals surface area contributed by atoms with Crippen LogP contribution in [0.3, 0.4) is 0 Å². The molecule has 8 nitrogen and oxygen atoms in total. The molecule has 30 heavy (non-hydrogen) atoms. The fourth-order valence-electron chi connectivity index (χ4n) is 3.88. The lowest BCUT2D eigenvalue weighted by Gasteiger charge is -2.27. The summed E-state index contributed by atoms with van der Waals surface area (Å²) < 4.78 is 16.4. The number of likely N-dealkylation sites (tertiary alicyclic amines) is 1. The van der Waals surface area contributed by atoms with E-state index in [9.17, 15) is 9.59 Å². The Balaban J connectivity index is 1.83. The summed E-state index contributed by atoms with van der Waals surface area (Å²) in [6, 6.07) is 8.77. The van der Waals surface area contributed by atoms with Gasteiger partial charge < -0.3 is 24.4 Å². The Kier molecular flexibility index (Phi) is 6.76. The maximum absolute atomic E-state index is 13.0. The second-order valence-electron chi connectivity index (χ2n) is 7.05. The van der Waals surface area contributed by atoms with E-state index in [-0.39, 0.29) is 18.2 Å². The van der Waals surface area contributed by atoms with Crippen LogP contribution < -0.4 is 19.5 Å². The first-order valence-electron chi connectivity index (χ1n) is 9.74. The molecule has 1 aliphatic rings. The molecule has 2 heterocycles. The molecule has 3 rings (SSSR count). The van der Waals surface area contributed by atoms with Crippen LogP contribution in [0.5, 0.6) is 17.2 Å². The van der Waals surface area contributed by atoms with Crippen LogP contribution in [0.15, 0.2) is 36.5 Å². The molecule has 1 saturated heterocycles. The van der Waals surface area contributed by atoms with Gasteiger partial charge in [0.25, 0.3) is 0 Å². The molecule has 2 atom stereocenters. The fourth-order valence-corrected chi connectivity index (χ4v) is 3.88. The van der Waals surface area contributed by atoms with Crippen molar-refractivity contribution in [3.05, 3.63) is 47.8 Å². The van der Waals surface area contributed by atoms with Crippen molar-refractivity contribution >= 4 is 11.8 Å². The van der Waals surface area contributed by atoms with E-state index >= 15 is 0 Å². The number of benzene rings is 1. The molecule has 0 radical (unpaired) electrons. The van der Waals surface area contributed by atoms with Crippen molar-refractivity contribution in [1.29, 1.82) is 0 Å². The predicted octanol–water partition coefficient (Wildman–Crippen LogP) is 1.99. The van der Waals surface area contributed by atoms with Gasteiger partial charge in [-0.25, -0.2) is 0 Å². The quantitative estimate of drug-likeness (QED) is 0.712. The van der Waals surface area contributed by atoms with E-state index in [0.29, 0.717) is 35.8 Å². The van der Waals surface area contributed by atoms with E-state index in [0.717, 1.165) is 5.69 Å². The Morgan fingerprint density at radius 2 is 1.90 bits per heavy atom. The van der Waals surface area contributed by atoms with E-state index in [2.05, 4.69) is 10.3 Å². The number of methoxy groups -OCH3 is 3. The van der Waals surface area contributed by atoms with Crippen LogP contribution in [0.2, 0.25) is 0 Å². The highest BCUT2D eigenvalue weighted by Gasteiger charge is 2.44. The van der Waals surface area contributed by atoms with Gasteiger partial charge in [0, 0.05) is 43.9 Å². The molecule has 0 unspecified atom stereocenters. The number of rotatable bonds is 8. The minimum atomic E-state index is -0.543. The fraction of sp³-hybridized carbons (Fsp3) is 0.409. The number of amides is 2. The van der Waals surface area contributed by atoms with Gasteiger partial charge in [-0.1, -0.05) is 6.07 Å². The minimum Gasteiger partial charge on any atom is -0.493 e. The van der Waals surface area contributed by atoms with Crippen molar-refractivity contribution < 1.29 is 23.8 Å². The summed E-state index contributed by atoms with van der Waals surface area (Å²) in [6.45, 7) is 0.444. The van der Waals surface area contributed by atoms with Gasteiger partial charge in [-0.15, -0.1) is 0 Å². The van der Waals surface area contributed by atoms with Crippen LogP contribution in [0.1, 0.15) is 23.7 Å². The van der Waals surface area contributed by atoms with Crippen LogP contribution in [0.25, 0.3) is 0 Å². The van der Waals surface area contributed by atoms with Crippen LogP contribution >= 0.6 is 0 Å². The third-order valence-electron chi connectivity index (χ3n) is 5.38. The van der Waals surface area contributed by atoms with Crippen LogP contribution in [-0.4, -0.2) is 56.6 Å². The lowest BCUT2D eigenvalue weighted by Crippen LogP contribution is -2.35. The normalized spacial score (nSPS) is 18.3. The van der Waals surface area contributed by atoms with E-state index in [1.165, 1.54) is 14.2 Å². The van der Waals surface area contributed by atoms with Crippen molar-refractivity contribution in [2.45, 2.75) is 18.9 Å². The monoisotopic (exact) mass is 413 g/mol. The van der Waals surface area contributed by atoms with Gasteiger partial charge in [0.1, 0.15) is 0 Å². The van der Waals surface area contributed by atoms with Gasteiger partial charge in [0.2, 0.25) is 17.6 Å². The Morgan fingerprint density at radius 1 is 1.13 bits per heavy atom. The average molecular weight is 413 g/mol. The average Bonchev–Trinajstić information content (AvgIpc) is 3.07. The molecule has 1 aromatic heterocycles. The molecule has 1 aliphatic heterocycles. The first kappa shape index (κ1) is 21.4. The molecule has 1 aromatic carbocycles. The molecule has 160 valence electrons. The van der Waals surface area contributed by atoms with E-state index in [1.807, 2.05) is 24.3 Å². The van der Waals surface area contributed by atoms with Crippen LogP contribution in [0, 0.1) is 5.92 Å². The molecule has 0 bridgehead atoms. The molecule has 0 spiro atoms. The molecular weight excluding hydrogens is 386 g/mol. The number of pyridine rings is 1. The van der Waals surface area contributed by atoms with E-state index in [4.69, 9.17) is 14.2 Å². The Morgan fingerprint density at radius 3 is 2.53 bits per heavy atom. The number of aromatic nitrogens is 1. The Bertz CT molecular complexity index is 903. The number of hydrogen-bond donors (Lipinski definition) is 1. The van der Waals surface area contributed by atoms with Gasteiger partial charge in [0.05, 0.1) is 33.3 Å². The first-order chi connectivity index (χ1) is 14.5. The number of ether oxygens (including phenoxy) is 3. The second-order valence-corrected chi connectivity index (χ2v) is 7.05. The number of hydrogen-bond acceptors (Lipinski definition) is 6. The topological polar surface area (TPSA) is 90.0 Å². The standard InChI is InChI=1S/C22H27N3O5/c1-25-18(26)13-16(22(27)24-12-10-14-7-5-6-11-23-14)19(25)15-8-9-17(28-2)21(30-4)20(15)29-3/h5-9,11,16,19H,10,12-13H2,1-4H3,(H,24,27)/t16-,19-/m1/s1. The minimum absolute atomic E-state index is 0.0956. The van der Waals surface area contributed by atoms with Gasteiger partial charge in [-0.2, -0.15) is 0 Å². The summed E-state index contributed by atoms with van der Waals surface area (Å²) in [6.07, 6.45) is 2.47. The van der Waals surface area contributed by atoms with Crippen molar-refractivity contribution in [1.82, 2.24) is 15.2 Å². The van der Waals surface area contributed by atoms with Crippen molar-refractivity contribution in [3.8, 4) is 17.2 Å². The van der Waals surface area contributed by atoms with Gasteiger partial charge in [-0.3, -0.25) is 14.6 Å². The van der Waals surface area contributed by atoms with Gasteiger partial charge in [-0.05, 0) is 24.3 Å². The van der Waals surface area contributed by atoms with Gasteiger partial charge in [0.15, 0.2) is 11.5 Å². The van der Waals surface area contributed by atoms with E-state index in [1.54, 1.807) is 31.3 Å². The maximum Gasteiger partial charge on any atom is 0.226 e. The summed E-state index contributed by atoms with van der Waals surface area (Å²) >= 11 is 0. The molecule has 1 N–H and O–H groups in total. The third kappa shape index (κ3) is 4.17. The van der Waals surface area contributed by atoms with Gasteiger partial charge >= 0.3 is 0 Å². The Hall–Kier alpha value is -3.29. The van der Waals surface area contributed by atoms with E-state index < -0.39 is 12.0 Å². The zero-order chi connectivity index (χ0) is 21.7. The van der Waals surface area contributed by atoms with Crippen LogP contribution in [0.4, 0.5) is 0 Å². The smallest absolute Gasteiger partial charge is 0.226 e. The molecule has 2 amide bonds. The van der Waals surface area contributed by atoms with Crippen molar-refractivity contribution in [2.75, 3.05) is 34.9 Å². The molecular formula is C22H27N3O5. The third-order valence-corrected chi connectivity index (χ3v) is 5.38. The highest BCUT2D eigenvalue weighted by molar-refractivity contribution is 5.90. The predicted molar refractivity (Wildman–Crippen MR) is 111 cm³/mol. The highest BCUT2D eigenvalue weighted by atomic mass is 16.5. The zero-order valence-electron chi connectivity index (χ0n) is 17.7. The number of carbonyl (C=O) groups is 2. The molecule has 0 aliphatic carbocycles. The lowest BCUT2D eigenvalue weighted by molar-refractivity contribution is -0.128. The second kappa shape index (κ2) is 9.47. The molecule has 2 aromatic rings. The lowest BCUT2D eigenvalue weighted by atomic mass is 9.91. The largest absolute Gasteiger partial charge is 0.493 e. The summed E-state index contributed by atoms with van der Waals surface area (Å²) in [7, 11) is 6.29. The molecule has 1 fully saturated rings. The van der Waals surface area contributed by atoms with Crippen LogP contribution in [-0.2, 0) is 16.0 Å². The Labute approximate surface area is 176 Å². The van der Waals surface area contributed by atoms with Crippen molar-refractivity contribution in [2.24, 2.45) is 5.92 Å². The number of nitrogens with one attached hydrogen (secondary N) is 1. The molecule has 8 heteroatoms.